The molecule has 4 heteroatoms. The van der Waals surface area contributed by atoms with Crippen molar-refractivity contribution in [3.63, 3.8) is 0 Å². The molecule has 0 spiro atoms. The molecule has 1 aromatic carbocycles. The molecule has 0 heterocycles. The zero-order chi connectivity index (χ0) is 13.5. The van der Waals surface area contributed by atoms with Crippen molar-refractivity contribution in [2.75, 3.05) is 0 Å². The third kappa shape index (κ3) is 4.56. The van der Waals surface area contributed by atoms with Gasteiger partial charge < -0.3 is 11.1 Å². The minimum absolute atomic E-state index is 0.0411. The van der Waals surface area contributed by atoms with Gasteiger partial charge in [0.2, 0.25) is 5.91 Å². The smallest absolute Gasteiger partial charge is 0.221 e. The molecule has 0 aromatic heterocycles. The molecular weight excluding hydrogens is 226 g/mol. The van der Waals surface area contributed by atoms with Gasteiger partial charge in [-0.1, -0.05) is 26.0 Å². The van der Waals surface area contributed by atoms with E-state index in [2.05, 4.69) is 11.4 Å². The monoisotopic (exact) mass is 245 g/mol. The lowest BCUT2D eigenvalue weighted by molar-refractivity contribution is -0.121. The van der Waals surface area contributed by atoms with Crippen LogP contribution in [0, 0.1) is 17.2 Å². The van der Waals surface area contributed by atoms with Crippen molar-refractivity contribution in [2.24, 2.45) is 11.7 Å². The van der Waals surface area contributed by atoms with Crippen molar-refractivity contribution in [1.82, 2.24) is 5.32 Å². The van der Waals surface area contributed by atoms with E-state index < -0.39 is 0 Å². The Bertz CT molecular complexity index is 431. The summed E-state index contributed by atoms with van der Waals surface area (Å²) in [6, 6.07) is 9.09. The van der Waals surface area contributed by atoms with Gasteiger partial charge in [0.1, 0.15) is 0 Å². The number of rotatable bonds is 5. The van der Waals surface area contributed by atoms with Gasteiger partial charge in [0, 0.05) is 19.0 Å². The van der Waals surface area contributed by atoms with Gasteiger partial charge in [0.15, 0.2) is 0 Å². The van der Waals surface area contributed by atoms with Gasteiger partial charge in [-0.25, -0.2) is 0 Å². The lowest BCUT2D eigenvalue weighted by Crippen LogP contribution is -2.34. The third-order valence-corrected chi connectivity index (χ3v) is 2.85. The first-order chi connectivity index (χ1) is 8.52. The molecule has 18 heavy (non-hydrogen) atoms. The van der Waals surface area contributed by atoms with E-state index in [1.807, 2.05) is 26.0 Å². The van der Waals surface area contributed by atoms with Crippen LogP contribution in [0.15, 0.2) is 24.3 Å². The molecule has 1 amide bonds. The van der Waals surface area contributed by atoms with E-state index in [1.165, 1.54) is 0 Å². The molecule has 0 bridgehead atoms. The van der Waals surface area contributed by atoms with Gasteiger partial charge >= 0.3 is 0 Å². The molecule has 0 aliphatic rings. The average molecular weight is 245 g/mol. The van der Waals surface area contributed by atoms with Crippen molar-refractivity contribution in [3.8, 4) is 6.07 Å². The lowest BCUT2D eigenvalue weighted by Gasteiger charge is -2.15. The standard InChI is InChI=1S/C14H19N3O/c1-10(2)13(16)7-14(18)17-9-12-5-3-11(8-15)4-6-12/h3-6,10,13H,7,9,16H2,1-2H3,(H,17,18). The minimum Gasteiger partial charge on any atom is -0.352 e. The molecule has 4 nitrogen and oxygen atoms in total. The van der Waals surface area contributed by atoms with Crippen LogP contribution in [-0.2, 0) is 11.3 Å². The molecule has 1 atom stereocenters. The number of hydrogen-bond acceptors (Lipinski definition) is 3. The summed E-state index contributed by atoms with van der Waals surface area (Å²) in [6.07, 6.45) is 0.341. The highest BCUT2D eigenvalue weighted by Gasteiger charge is 2.12. The Balaban J connectivity index is 2.40. The molecule has 0 saturated carbocycles. The van der Waals surface area contributed by atoms with Crippen molar-refractivity contribution in [2.45, 2.75) is 32.9 Å². The van der Waals surface area contributed by atoms with Crippen LogP contribution in [0.5, 0.6) is 0 Å². The van der Waals surface area contributed by atoms with Crippen molar-refractivity contribution in [3.05, 3.63) is 35.4 Å². The number of hydrogen-bond donors (Lipinski definition) is 2. The van der Waals surface area contributed by atoms with E-state index >= 15 is 0 Å². The van der Waals surface area contributed by atoms with Crippen LogP contribution in [0.2, 0.25) is 0 Å². The summed E-state index contributed by atoms with van der Waals surface area (Å²) in [6.45, 7) is 4.46. The van der Waals surface area contributed by atoms with E-state index in [1.54, 1.807) is 12.1 Å². The fraction of sp³-hybridized carbons (Fsp3) is 0.429. The molecule has 0 saturated heterocycles. The van der Waals surface area contributed by atoms with Gasteiger partial charge in [-0.15, -0.1) is 0 Å². The molecule has 96 valence electrons. The Kier molecular flexibility index (Phi) is 5.34. The zero-order valence-electron chi connectivity index (χ0n) is 10.8. The summed E-state index contributed by atoms with van der Waals surface area (Å²) in [5.41, 5.74) is 7.42. The molecule has 1 rings (SSSR count). The van der Waals surface area contributed by atoms with Gasteiger partial charge in [0.25, 0.3) is 0 Å². The largest absolute Gasteiger partial charge is 0.352 e. The highest BCUT2D eigenvalue weighted by Crippen LogP contribution is 2.05. The Morgan fingerprint density at radius 2 is 2.00 bits per heavy atom. The third-order valence-electron chi connectivity index (χ3n) is 2.85. The van der Waals surface area contributed by atoms with Crippen molar-refractivity contribution in [1.29, 1.82) is 5.26 Å². The number of nitriles is 1. The quantitative estimate of drug-likeness (QED) is 0.826. The van der Waals surface area contributed by atoms with Crippen LogP contribution in [-0.4, -0.2) is 11.9 Å². The Hall–Kier alpha value is -1.86. The summed E-state index contributed by atoms with van der Waals surface area (Å²) in [5, 5.41) is 11.5. The second-order valence-electron chi connectivity index (χ2n) is 4.70. The molecule has 0 radical (unpaired) electrons. The van der Waals surface area contributed by atoms with Crippen LogP contribution < -0.4 is 11.1 Å². The molecule has 0 aliphatic heterocycles. The van der Waals surface area contributed by atoms with Crippen LogP contribution in [0.3, 0.4) is 0 Å². The maximum Gasteiger partial charge on any atom is 0.221 e. The van der Waals surface area contributed by atoms with Crippen LogP contribution >= 0.6 is 0 Å². The maximum atomic E-state index is 11.6. The van der Waals surface area contributed by atoms with Gasteiger partial charge in [-0.05, 0) is 23.6 Å². The lowest BCUT2D eigenvalue weighted by atomic mass is 10.0. The molecule has 0 aliphatic carbocycles. The SMILES string of the molecule is CC(C)C(N)CC(=O)NCc1ccc(C#N)cc1. The predicted molar refractivity (Wildman–Crippen MR) is 70.4 cm³/mol. The summed E-state index contributed by atoms with van der Waals surface area (Å²) in [7, 11) is 0. The second-order valence-corrected chi connectivity index (χ2v) is 4.70. The van der Waals surface area contributed by atoms with Crippen molar-refractivity contribution < 1.29 is 4.79 Å². The number of nitrogens with one attached hydrogen (secondary N) is 1. The van der Waals surface area contributed by atoms with E-state index in [-0.39, 0.29) is 11.9 Å². The average Bonchev–Trinajstić information content (AvgIpc) is 2.36. The van der Waals surface area contributed by atoms with Gasteiger partial charge in [0.05, 0.1) is 11.6 Å². The summed E-state index contributed by atoms with van der Waals surface area (Å²) >= 11 is 0. The molecule has 0 fully saturated rings. The summed E-state index contributed by atoms with van der Waals surface area (Å²) in [4.78, 5) is 11.6. The van der Waals surface area contributed by atoms with Gasteiger partial charge in [-0.3, -0.25) is 4.79 Å². The molecule has 1 aromatic rings. The Labute approximate surface area is 108 Å². The van der Waals surface area contributed by atoms with Crippen molar-refractivity contribution >= 4 is 5.91 Å². The second kappa shape index (κ2) is 6.77. The fourth-order valence-corrected chi connectivity index (χ4v) is 1.42. The fourth-order valence-electron chi connectivity index (χ4n) is 1.42. The highest BCUT2D eigenvalue weighted by molar-refractivity contribution is 5.76. The number of nitrogens with zero attached hydrogens (tertiary/aromatic N) is 1. The summed E-state index contributed by atoms with van der Waals surface area (Å²) in [5.74, 6) is 0.256. The first-order valence-electron chi connectivity index (χ1n) is 6.04. The number of benzene rings is 1. The highest BCUT2D eigenvalue weighted by atomic mass is 16.1. The molecular formula is C14H19N3O. The number of amides is 1. The zero-order valence-corrected chi connectivity index (χ0v) is 10.8. The van der Waals surface area contributed by atoms with E-state index in [0.29, 0.717) is 24.4 Å². The van der Waals surface area contributed by atoms with E-state index in [4.69, 9.17) is 11.0 Å². The minimum atomic E-state index is -0.106. The Morgan fingerprint density at radius 1 is 1.39 bits per heavy atom. The van der Waals surface area contributed by atoms with E-state index in [0.717, 1.165) is 5.56 Å². The number of nitrogens with two attached hydrogens (primary N) is 1. The topological polar surface area (TPSA) is 78.9 Å². The summed E-state index contributed by atoms with van der Waals surface area (Å²) < 4.78 is 0. The van der Waals surface area contributed by atoms with Crippen LogP contribution in [0.4, 0.5) is 0 Å². The molecule has 3 N–H and O–H groups in total. The number of carbonyl (C=O) groups excluding carboxylic acids is 1. The van der Waals surface area contributed by atoms with Crippen LogP contribution in [0.1, 0.15) is 31.4 Å². The first kappa shape index (κ1) is 14.2. The predicted octanol–water partition coefficient (Wildman–Crippen LogP) is 1.55. The van der Waals surface area contributed by atoms with Crippen LogP contribution in [0.25, 0.3) is 0 Å². The maximum absolute atomic E-state index is 11.6. The van der Waals surface area contributed by atoms with Gasteiger partial charge in [-0.2, -0.15) is 5.26 Å². The first-order valence-corrected chi connectivity index (χ1v) is 6.04. The number of carbonyl (C=O) groups is 1. The van der Waals surface area contributed by atoms with E-state index in [9.17, 15) is 4.79 Å². The normalized spacial score (nSPS) is 11.9. The molecule has 1 unspecified atom stereocenters. The Morgan fingerprint density at radius 3 is 2.50 bits per heavy atom.